The van der Waals surface area contributed by atoms with Gasteiger partial charge in [-0.25, -0.2) is 13.8 Å². The summed E-state index contributed by atoms with van der Waals surface area (Å²) in [5.41, 5.74) is 3.58. The van der Waals surface area contributed by atoms with E-state index in [2.05, 4.69) is 15.3 Å². The Morgan fingerprint density at radius 2 is 1.87 bits per heavy atom. The van der Waals surface area contributed by atoms with Gasteiger partial charge in [0.2, 0.25) is 5.88 Å². The van der Waals surface area contributed by atoms with E-state index in [1.165, 1.54) is 6.20 Å². The summed E-state index contributed by atoms with van der Waals surface area (Å²) in [6, 6.07) is 7.61. The molecule has 1 aliphatic heterocycles. The molecule has 1 saturated heterocycles. The number of nitrogens with zero attached hydrogens (tertiary/aromatic N) is 3. The molecule has 0 amide bonds. The molecule has 1 N–H and O–H groups in total. The molecule has 3 aromatic rings. The molecule has 0 atom stereocenters. The van der Waals surface area contributed by atoms with Gasteiger partial charge in [0.1, 0.15) is 0 Å². The van der Waals surface area contributed by atoms with Gasteiger partial charge < -0.3 is 19.7 Å². The summed E-state index contributed by atoms with van der Waals surface area (Å²) in [5.74, 6) is -2.52. The Bertz CT molecular complexity index is 1060. The Morgan fingerprint density at radius 1 is 1.10 bits per heavy atom. The van der Waals surface area contributed by atoms with Crippen molar-refractivity contribution >= 4 is 22.3 Å². The van der Waals surface area contributed by atoms with Crippen LogP contribution in [-0.4, -0.2) is 50.4 Å². The van der Waals surface area contributed by atoms with Gasteiger partial charge in [0.05, 0.1) is 42.8 Å². The first-order valence-corrected chi connectivity index (χ1v) is 9.78. The number of halogens is 2. The largest absolute Gasteiger partial charge is 0.480 e. The third kappa shape index (κ3) is 3.75. The lowest BCUT2D eigenvalue weighted by Gasteiger charge is -2.32. The van der Waals surface area contributed by atoms with E-state index in [9.17, 15) is 8.78 Å². The monoisotopic (exact) mass is 414 g/mol. The molecule has 2 aromatic heterocycles. The molecule has 0 aliphatic carbocycles. The van der Waals surface area contributed by atoms with E-state index >= 15 is 0 Å². The molecule has 1 fully saturated rings. The van der Waals surface area contributed by atoms with Crippen molar-refractivity contribution in [2.75, 3.05) is 50.7 Å². The van der Waals surface area contributed by atoms with Crippen LogP contribution in [0, 0.1) is 0 Å². The highest BCUT2D eigenvalue weighted by Gasteiger charge is 2.32. The van der Waals surface area contributed by atoms with Crippen LogP contribution >= 0.6 is 0 Å². The minimum Gasteiger partial charge on any atom is -0.480 e. The fourth-order valence-electron chi connectivity index (χ4n) is 3.76. The lowest BCUT2D eigenvalue weighted by atomic mass is 9.99. The minimum absolute atomic E-state index is 0.0715. The molecule has 0 bridgehead atoms. The quantitative estimate of drug-likeness (QED) is 0.672. The van der Waals surface area contributed by atoms with Gasteiger partial charge in [-0.15, -0.1) is 0 Å². The molecule has 158 valence electrons. The lowest BCUT2D eigenvalue weighted by molar-refractivity contribution is 0.0174. The number of morpholine rings is 1. The smallest absolute Gasteiger partial charge is 0.274 e. The molecule has 0 spiro atoms. The number of hydrogen-bond donors (Lipinski definition) is 1. The van der Waals surface area contributed by atoms with E-state index in [0.717, 1.165) is 23.7 Å². The van der Waals surface area contributed by atoms with Crippen LogP contribution in [0.1, 0.15) is 12.5 Å². The molecule has 4 rings (SSSR count). The number of pyridine rings is 2. The van der Waals surface area contributed by atoms with Gasteiger partial charge in [0, 0.05) is 50.4 Å². The molecular formula is C22H24F2N4O2. The van der Waals surface area contributed by atoms with Crippen LogP contribution in [-0.2, 0) is 10.7 Å². The third-order valence-electron chi connectivity index (χ3n) is 5.29. The third-order valence-corrected chi connectivity index (χ3v) is 5.29. The van der Waals surface area contributed by atoms with Crippen LogP contribution in [0.25, 0.3) is 22.0 Å². The molecular weight excluding hydrogens is 390 g/mol. The molecule has 30 heavy (non-hydrogen) atoms. The first-order valence-electron chi connectivity index (χ1n) is 9.78. The van der Waals surface area contributed by atoms with Crippen LogP contribution < -0.4 is 15.0 Å². The highest BCUT2D eigenvalue weighted by Crippen LogP contribution is 2.40. The van der Waals surface area contributed by atoms with E-state index in [1.807, 2.05) is 29.2 Å². The van der Waals surface area contributed by atoms with Gasteiger partial charge in [-0.2, -0.15) is 0 Å². The number of rotatable bonds is 5. The zero-order valence-corrected chi connectivity index (χ0v) is 17.2. The number of hydrogen-bond acceptors (Lipinski definition) is 6. The number of benzene rings is 1. The maximum absolute atomic E-state index is 14.5. The molecule has 3 heterocycles. The zero-order chi connectivity index (χ0) is 21.3. The summed E-state index contributed by atoms with van der Waals surface area (Å²) in [6.07, 6.45) is 3.00. The topological polar surface area (TPSA) is 59.5 Å². The molecule has 6 nitrogen and oxygen atoms in total. The second kappa shape index (κ2) is 8.02. The maximum Gasteiger partial charge on any atom is 0.274 e. The zero-order valence-electron chi connectivity index (χ0n) is 17.2. The van der Waals surface area contributed by atoms with Gasteiger partial charge >= 0.3 is 0 Å². The fraction of sp³-hybridized carbons (Fsp3) is 0.364. The summed E-state index contributed by atoms with van der Waals surface area (Å²) >= 11 is 0. The van der Waals surface area contributed by atoms with Gasteiger partial charge in [-0.05, 0) is 23.8 Å². The summed E-state index contributed by atoms with van der Waals surface area (Å²) in [4.78, 5) is 10.6. The predicted molar refractivity (Wildman–Crippen MR) is 114 cm³/mol. The van der Waals surface area contributed by atoms with Crippen molar-refractivity contribution in [2.24, 2.45) is 0 Å². The molecule has 1 aromatic carbocycles. The number of aromatic nitrogens is 2. The summed E-state index contributed by atoms with van der Waals surface area (Å²) in [7, 11) is 3.35. The Morgan fingerprint density at radius 3 is 2.53 bits per heavy atom. The number of fused-ring (bicyclic) bond motifs is 1. The molecule has 0 unspecified atom stereocenters. The number of alkyl halides is 2. The van der Waals surface area contributed by atoms with Crippen molar-refractivity contribution in [3.63, 3.8) is 0 Å². The normalized spacial score (nSPS) is 14.8. The van der Waals surface area contributed by atoms with Crippen LogP contribution in [0.3, 0.4) is 0 Å². The molecule has 0 saturated carbocycles. The number of nitrogens with one attached hydrogen (secondary N) is 1. The highest BCUT2D eigenvalue weighted by atomic mass is 19.3. The first kappa shape index (κ1) is 20.3. The van der Waals surface area contributed by atoms with Crippen LogP contribution in [0.2, 0.25) is 0 Å². The minimum atomic E-state index is -3.01. The number of anilines is 2. The highest BCUT2D eigenvalue weighted by molar-refractivity contribution is 5.96. The number of ether oxygens (including phenoxy) is 2. The summed E-state index contributed by atoms with van der Waals surface area (Å²) in [5, 5.41) is 3.75. The van der Waals surface area contributed by atoms with Crippen LogP contribution in [0.15, 0.2) is 36.7 Å². The van der Waals surface area contributed by atoms with E-state index in [1.54, 1.807) is 20.4 Å². The van der Waals surface area contributed by atoms with E-state index in [0.29, 0.717) is 48.8 Å². The standard InChI is InChI=1S/C22H24F2N4O2/c1-22(23,24)17-13-26-18-5-4-14(15-11-19(25-2)21(29-3)27-12-15)10-16(18)20(17)28-6-8-30-9-7-28/h4-5,10-13,25H,6-9H2,1-3H3. The SMILES string of the molecule is CNc1cc(-c2ccc3ncc(C(C)(F)F)c(N4CCOCC4)c3c2)cnc1OC. The molecule has 8 heteroatoms. The Hall–Kier alpha value is -3.00. The average Bonchev–Trinajstić information content (AvgIpc) is 2.77. The second-order valence-electron chi connectivity index (χ2n) is 7.27. The maximum atomic E-state index is 14.5. The van der Waals surface area contributed by atoms with Crippen LogP contribution in [0.5, 0.6) is 5.88 Å². The first-order chi connectivity index (χ1) is 14.4. The fourth-order valence-corrected chi connectivity index (χ4v) is 3.76. The number of methoxy groups -OCH3 is 1. The Balaban J connectivity index is 1.91. The lowest BCUT2D eigenvalue weighted by Crippen LogP contribution is -2.37. The van der Waals surface area contributed by atoms with Gasteiger partial charge in [-0.1, -0.05) is 6.07 Å². The van der Waals surface area contributed by atoms with Crippen LogP contribution in [0.4, 0.5) is 20.2 Å². The van der Waals surface area contributed by atoms with Gasteiger partial charge in [0.15, 0.2) is 0 Å². The molecule has 1 aliphatic rings. The van der Waals surface area contributed by atoms with E-state index in [-0.39, 0.29) is 5.56 Å². The predicted octanol–water partition coefficient (Wildman–Crippen LogP) is 4.30. The van der Waals surface area contributed by atoms with Gasteiger partial charge in [0.25, 0.3) is 5.92 Å². The summed E-state index contributed by atoms with van der Waals surface area (Å²) in [6.45, 7) is 3.04. The van der Waals surface area contributed by atoms with Crippen molar-refractivity contribution in [3.05, 3.63) is 42.2 Å². The van der Waals surface area contributed by atoms with Crippen molar-refractivity contribution < 1.29 is 18.3 Å². The van der Waals surface area contributed by atoms with Crippen molar-refractivity contribution in [3.8, 4) is 17.0 Å². The van der Waals surface area contributed by atoms with Crippen molar-refractivity contribution in [1.29, 1.82) is 0 Å². The van der Waals surface area contributed by atoms with Crippen molar-refractivity contribution in [2.45, 2.75) is 12.8 Å². The van der Waals surface area contributed by atoms with E-state index < -0.39 is 5.92 Å². The summed E-state index contributed by atoms with van der Waals surface area (Å²) < 4.78 is 39.6. The molecule has 0 radical (unpaired) electrons. The Labute approximate surface area is 173 Å². The average molecular weight is 414 g/mol. The van der Waals surface area contributed by atoms with Crippen molar-refractivity contribution in [1.82, 2.24) is 9.97 Å². The van der Waals surface area contributed by atoms with Gasteiger partial charge in [-0.3, -0.25) is 4.98 Å². The van der Waals surface area contributed by atoms with E-state index in [4.69, 9.17) is 9.47 Å². The Kier molecular flexibility index (Phi) is 5.42. The second-order valence-corrected chi connectivity index (χ2v) is 7.27.